The van der Waals surface area contributed by atoms with Crippen LogP contribution < -0.4 is 10.6 Å². The fourth-order valence-electron chi connectivity index (χ4n) is 2.96. The molecule has 1 aromatic rings. The third-order valence-corrected chi connectivity index (χ3v) is 4.47. The number of nitrogens with one attached hydrogen (secondary N) is 2. The van der Waals surface area contributed by atoms with Gasteiger partial charge in [0.05, 0.1) is 0 Å². The molecule has 4 nitrogen and oxygen atoms in total. The second kappa shape index (κ2) is 8.91. The maximum Gasteiger partial charge on any atom is 0.223 e. The number of amides is 1. The first-order valence-corrected chi connectivity index (χ1v) is 8.51. The molecule has 1 fully saturated rings. The van der Waals surface area contributed by atoms with Crippen LogP contribution in [0.15, 0.2) is 24.3 Å². The minimum atomic E-state index is 0.181. The molecule has 1 heterocycles. The SMILES string of the molecule is CCN(CC)Cc1cccc(CNC(=O)C2CCNCC2)c1. The Morgan fingerprint density at radius 1 is 1.23 bits per heavy atom. The molecule has 0 atom stereocenters. The molecular weight excluding hydrogens is 274 g/mol. The van der Waals surface area contributed by atoms with Crippen LogP contribution in [0.1, 0.15) is 37.8 Å². The van der Waals surface area contributed by atoms with Crippen LogP contribution in [0.25, 0.3) is 0 Å². The van der Waals surface area contributed by atoms with Crippen molar-refractivity contribution in [3.63, 3.8) is 0 Å². The van der Waals surface area contributed by atoms with Gasteiger partial charge in [-0.05, 0) is 50.1 Å². The first kappa shape index (κ1) is 17.0. The third-order valence-electron chi connectivity index (χ3n) is 4.47. The highest BCUT2D eigenvalue weighted by molar-refractivity contribution is 5.78. The van der Waals surface area contributed by atoms with Crippen LogP contribution in [0, 0.1) is 5.92 Å². The van der Waals surface area contributed by atoms with Gasteiger partial charge in [0.1, 0.15) is 0 Å². The molecule has 0 unspecified atom stereocenters. The topological polar surface area (TPSA) is 44.4 Å². The number of hydrogen-bond donors (Lipinski definition) is 2. The molecule has 0 bridgehead atoms. The van der Waals surface area contributed by atoms with Crippen LogP contribution in [0.2, 0.25) is 0 Å². The van der Waals surface area contributed by atoms with Crippen molar-refractivity contribution in [1.82, 2.24) is 15.5 Å². The standard InChI is InChI=1S/C18H29N3O/c1-3-21(4-2)14-16-7-5-6-15(12-16)13-20-18(22)17-8-10-19-11-9-17/h5-7,12,17,19H,3-4,8-11,13-14H2,1-2H3,(H,20,22). The van der Waals surface area contributed by atoms with E-state index >= 15 is 0 Å². The van der Waals surface area contributed by atoms with Gasteiger partial charge in [-0.25, -0.2) is 0 Å². The lowest BCUT2D eigenvalue weighted by Crippen LogP contribution is -2.37. The molecule has 1 aliphatic heterocycles. The van der Waals surface area contributed by atoms with Crippen LogP contribution in [-0.4, -0.2) is 37.0 Å². The van der Waals surface area contributed by atoms with E-state index in [1.807, 2.05) is 0 Å². The van der Waals surface area contributed by atoms with Crippen LogP contribution in [-0.2, 0) is 17.9 Å². The van der Waals surface area contributed by atoms with Gasteiger partial charge in [-0.15, -0.1) is 0 Å². The summed E-state index contributed by atoms with van der Waals surface area (Å²) in [6.45, 7) is 10.0. The van der Waals surface area contributed by atoms with E-state index in [1.165, 1.54) is 11.1 Å². The molecule has 122 valence electrons. The van der Waals surface area contributed by atoms with Crippen molar-refractivity contribution in [1.29, 1.82) is 0 Å². The van der Waals surface area contributed by atoms with Crippen molar-refractivity contribution >= 4 is 5.91 Å². The first-order valence-electron chi connectivity index (χ1n) is 8.51. The second-order valence-corrected chi connectivity index (χ2v) is 6.02. The maximum atomic E-state index is 12.2. The van der Waals surface area contributed by atoms with E-state index < -0.39 is 0 Å². The number of benzene rings is 1. The van der Waals surface area contributed by atoms with E-state index in [2.05, 4.69) is 53.6 Å². The maximum absolute atomic E-state index is 12.2. The molecule has 2 rings (SSSR count). The van der Waals surface area contributed by atoms with Crippen LogP contribution in [0.3, 0.4) is 0 Å². The summed E-state index contributed by atoms with van der Waals surface area (Å²) in [7, 11) is 0. The van der Waals surface area contributed by atoms with Gasteiger partial charge in [-0.3, -0.25) is 9.69 Å². The van der Waals surface area contributed by atoms with Crippen molar-refractivity contribution in [3.05, 3.63) is 35.4 Å². The minimum absolute atomic E-state index is 0.181. The number of nitrogens with zero attached hydrogens (tertiary/aromatic N) is 1. The Morgan fingerprint density at radius 3 is 2.59 bits per heavy atom. The summed E-state index contributed by atoms with van der Waals surface area (Å²) in [5.74, 6) is 0.385. The third kappa shape index (κ3) is 5.11. The smallest absolute Gasteiger partial charge is 0.223 e. The monoisotopic (exact) mass is 303 g/mol. The molecule has 0 aromatic heterocycles. The van der Waals surface area contributed by atoms with Crippen LogP contribution in [0.5, 0.6) is 0 Å². The Labute approximate surface area is 134 Å². The summed E-state index contributed by atoms with van der Waals surface area (Å²) in [6, 6.07) is 8.55. The molecule has 1 aromatic carbocycles. The molecule has 0 saturated carbocycles. The highest BCUT2D eigenvalue weighted by Gasteiger charge is 2.20. The van der Waals surface area contributed by atoms with E-state index in [4.69, 9.17) is 0 Å². The van der Waals surface area contributed by atoms with Crippen molar-refractivity contribution in [2.75, 3.05) is 26.2 Å². The van der Waals surface area contributed by atoms with Crippen molar-refractivity contribution < 1.29 is 4.79 Å². The molecule has 0 radical (unpaired) electrons. The summed E-state index contributed by atoms with van der Waals surface area (Å²) >= 11 is 0. The fourth-order valence-corrected chi connectivity index (χ4v) is 2.96. The molecule has 1 aliphatic rings. The fraction of sp³-hybridized carbons (Fsp3) is 0.611. The molecule has 1 amide bonds. The van der Waals surface area contributed by atoms with E-state index in [0.717, 1.165) is 45.6 Å². The Kier molecular flexibility index (Phi) is 6.87. The van der Waals surface area contributed by atoms with Gasteiger partial charge >= 0.3 is 0 Å². The predicted octanol–water partition coefficient (Wildman–Crippen LogP) is 2.14. The highest BCUT2D eigenvalue weighted by atomic mass is 16.1. The van der Waals surface area contributed by atoms with E-state index in [9.17, 15) is 4.79 Å². The molecule has 1 saturated heterocycles. The lowest BCUT2D eigenvalue weighted by atomic mass is 9.97. The Morgan fingerprint density at radius 2 is 1.91 bits per heavy atom. The molecule has 0 spiro atoms. The molecular formula is C18H29N3O. The van der Waals surface area contributed by atoms with Crippen molar-refractivity contribution in [2.45, 2.75) is 39.8 Å². The van der Waals surface area contributed by atoms with Gasteiger partial charge in [0.2, 0.25) is 5.91 Å². The summed E-state index contributed by atoms with van der Waals surface area (Å²) < 4.78 is 0. The highest BCUT2D eigenvalue weighted by Crippen LogP contribution is 2.12. The quantitative estimate of drug-likeness (QED) is 0.811. The predicted molar refractivity (Wildman–Crippen MR) is 90.5 cm³/mol. The molecule has 0 aliphatic carbocycles. The van der Waals surface area contributed by atoms with Crippen LogP contribution >= 0.6 is 0 Å². The normalized spacial score (nSPS) is 16.0. The summed E-state index contributed by atoms with van der Waals surface area (Å²) in [5, 5.41) is 6.39. The number of hydrogen-bond acceptors (Lipinski definition) is 3. The summed E-state index contributed by atoms with van der Waals surface area (Å²) in [6.07, 6.45) is 1.90. The van der Waals surface area contributed by atoms with E-state index in [-0.39, 0.29) is 11.8 Å². The van der Waals surface area contributed by atoms with Crippen LogP contribution in [0.4, 0.5) is 0 Å². The number of rotatable bonds is 7. The van der Waals surface area contributed by atoms with E-state index in [1.54, 1.807) is 0 Å². The summed E-state index contributed by atoms with van der Waals surface area (Å²) in [4.78, 5) is 14.6. The van der Waals surface area contributed by atoms with Gasteiger partial charge in [-0.2, -0.15) is 0 Å². The molecule has 22 heavy (non-hydrogen) atoms. The first-order chi connectivity index (χ1) is 10.7. The lowest BCUT2D eigenvalue weighted by Gasteiger charge is -2.22. The van der Waals surface area contributed by atoms with Gasteiger partial charge in [0.25, 0.3) is 0 Å². The Hall–Kier alpha value is -1.39. The zero-order chi connectivity index (χ0) is 15.8. The van der Waals surface area contributed by atoms with Crippen molar-refractivity contribution in [2.24, 2.45) is 5.92 Å². The van der Waals surface area contributed by atoms with Gasteiger partial charge in [0.15, 0.2) is 0 Å². The number of piperidine rings is 1. The summed E-state index contributed by atoms with van der Waals surface area (Å²) in [5.41, 5.74) is 2.50. The zero-order valence-corrected chi connectivity index (χ0v) is 13.9. The van der Waals surface area contributed by atoms with Gasteiger partial charge in [-0.1, -0.05) is 38.1 Å². The lowest BCUT2D eigenvalue weighted by molar-refractivity contribution is -0.125. The Balaban J connectivity index is 1.85. The number of carbonyl (C=O) groups excluding carboxylic acids is 1. The average molecular weight is 303 g/mol. The molecule has 2 N–H and O–H groups in total. The van der Waals surface area contributed by atoms with Gasteiger partial charge < -0.3 is 10.6 Å². The minimum Gasteiger partial charge on any atom is -0.352 e. The number of carbonyl (C=O) groups is 1. The van der Waals surface area contributed by atoms with Crippen molar-refractivity contribution in [3.8, 4) is 0 Å². The van der Waals surface area contributed by atoms with E-state index in [0.29, 0.717) is 6.54 Å². The largest absolute Gasteiger partial charge is 0.352 e. The molecule has 4 heteroatoms. The van der Waals surface area contributed by atoms with Gasteiger partial charge in [0, 0.05) is 19.0 Å². The Bertz CT molecular complexity index is 465. The second-order valence-electron chi connectivity index (χ2n) is 6.02. The average Bonchev–Trinajstić information content (AvgIpc) is 2.58. The zero-order valence-electron chi connectivity index (χ0n) is 13.9.